The minimum absolute atomic E-state index is 0.131. The van der Waals surface area contributed by atoms with Crippen LogP contribution in [0.2, 0.25) is 0 Å². The van der Waals surface area contributed by atoms with Gasteiger partial charge in [-0.05, 0) is 68.6 Å². The molecule has 4 aliphatic carbocycles. The summed E-state index contributed by atoms with van der Waals surface area (Å²) in [5.41, 5.74) is 0.261. The first-order chi connectivity index (χ1) is 12.0. The summed E-state index contributed by atoms with van der Waals surface area (Å²) in [5.74, 6) is 3.84. The molecular formula is C19H29N3O3. The third-order valence-corrected chi connectivity index (χ3v) is 6.46. The molecule has 4 bridgehead atoms. The van der Waals surface area contributed by atoms with Crippen molar-refractivity contribution in [2.24, 2.45) is 23.2 Å². The normalized spacial score (nSPS) is 34.2. The molecule has 0 aromatic carbocycles. The molecule has 5 rings (SSSR count). The SMILES string of the molecule is COCCc1noc([C@H](C)NC(=O)CC23CC4CC(CC(C4)C2)C3)n1. The van der Waals surface area contributed by atoms with Crippen molar-refractivity contribution in [3.05, 3.63) is 11.7 Å². The molecule has 1 aromatic rings. The molecule has 1 N–H and O–H groups in total. The van der Waals surface area contributed by atoms with Crippen molar-refractivity contribution in [3.63, 3.8) is 0 Å². The number of rotatable bonds is 7. The van der Waals surface area contributed by atoms with Crippen molar-refractivity contribution < 1.29 is 14.1 Å². The quantitative estimate of drug-likeness (QED) is 0.820. The van der Waals surface area contributed by atoms with E-state index in [4.69, 9.17) is 9.26 Å². The van der Waals surface area contributed by atoms with Crippen LogP contribution in [0.4, 0.5) is 0 Å². The number of hydrogen-bond acceptors (Lipinski definition) is 5. The van der Waals surface area contributed by atoms with Crippen molar-refractivity contribution >= 4 is 5.91 Å². The van der Waals surface area contributed by atoms with Gasteiger partial charge in [0.25, 0.3) is 0 Å². The van der Waals surface area contributed by atoms with E-state index in [0.717, 1.165) is 17.8 Å². The molecule has 25 heavy (non-hydrogen) atoms. The second kappa shape index (κ2) is 6.71. The zero-order valence-corrected chi connectivity index (χ0v) is 15.3. The van der Waals surface area contributed by atoms with Gasteiger partial charge in [-0.2, -0.15) is 4.98 Å². The van der Waals surface area contributed by atoms with E-state index in [9.17, 15) is 4.79 Å². The highest BCUT2D eigenvalue weighted by Crippen LogP contribution is 2.61. The molecule has 0 aliphatic heterocycles. The molecule has 138 valence electrons. The summed E-state index contributed by atoms with van der Waals surface area (Å²) in [6.45, 7) is 2.47. The summed E-state index contributed by atoms with van der Waals surface area (Å²) in [7, 11) is 1.65. The average Bonchev–Trinajstić information content (AvgIpc) is 2.99. The number of amides is 1. The lowest BCUT2D eigenvalue weighted by molar-refractivity contribution is -0.130. The Morgan fingerprint density at radius 3 is 2.52 bits per heavy atom. The number of methoxy groups -OCH3 is 1. The van der Waals surface area contributed by atoms with Gasteiger partial charge in [0, 0.05) is 20.0 Å². The monoisotopic (exact) mass is 347 g/mol. The zero-order valence-electron chi connectivity index (χ0n) is 15.3. The number of aromatic nitrogens is 2. The van der Waals surface area contributed by atoms with Gasteiger partial charge in [0.2, 0.25) is 11.8 Å². The van der Waals surface area contributed by atoms with Gasteiger partial charge in [0.1, 0.15) is 6.04 Å². The predicted molar refractivity (Wildman–Crippen MR) is 91.7 cm³/mol. The maximum Gasteiger partial charge on any atom is 0.248 e. The Hall–Kier alpha value is -1.43. The lowest BCUT2D eigenvalue weighted by Gasteiger charge is -2.56. The Morgan fingerprint density at radius 1 is 1.28 bits per heavy atom. The van der Waals surface area contributed by atoms with E-state index >= 15 is 0 Å². The maximum absolute atomic E-state index is 12.7. The zero-order chi connectivity index (χ0) is 17.4. The number of carbonyl (C=O) groups excluding carboxylic acids is 1. The third kappa shape index (κ3) is 3.59. The maximum atomic E-state index is 12.7. The van der Waals surface area contributed by atoms with Crippen LogP contribution in [0.25, 0.3) is 0 Å². The summed E-state index contributed by atoms with van der Waals surface area (Å²) < 4.78 is 10.3. The molecular weight excluding hydrogens is 318 g/mol. The Kier molecular flexibility index (Phi) is 4.56. The summed E-state index contributed by atoms with van der Waals surface area (Å²) in [6.07, 6.45) is 9.25. The first-order valence-corrected chi connectivity index (χ1v) is 9.66. The summed E-state index contributed by atoms with van der Waals surface area (Å²) in [4.78, 5) is 17.0. The fourth-order valence-corrected chi connectivity index (χ4v) is 5.94. The summed E-state index contributed by atoms with van der Waals surface area (Å²) in [6, 6.07) is -0.245. The lowest BCUT2D eigenvalue weighted by Crippen LogP contribution is -2.48. The molecule has 4 fully saturated rings. The fraction of sp³-hybridized carbons (Fsp3) is 0.842. The number of carbonyl (C=O) groups is 1. The van der Waals surface area contributed by atoms with Crippen molar-refractivity contribution in [1.29, 1.82) is 0 Å². The molecule has 4 aliphatic rings. The largest absolute Gasteiger partial charge is 0.384 e. The molecule has 4 saturated carbocycles. The van der Waals surface area contributed by atoms with Gasteiger partial charge in [0.15, 0.2) is 5.82 Å². The van der Waals surface area contributed by atoms with Gasteiger partial charge >= 0.3 is 0 Å². The van der Waals surface area contributed by atoms with Crippen molar-refractivity contribution in [3.8, 4) is 0 Å². The van der Waals surface area contributed by atoms with Crippen LogP contribution in [0.1, 0.15) is 69.6 Å². The highest BCUT2D eigenvalue weighted by molar-refractivity contribution is 5.77. The van der Waals surface area contributed by atoms with Crippen molar-refractivity contribution in [2.75, 3.05) is 13.7 Å². The molecule has 0 saturated heterocycles. The van der Waals surface area contributed by atoms with E-state index in [1.165, 1.54) is 38.5 Å². The van der Waals surface area contributed by atoms with Crippen LogP contribution in [0.3, 0.4) is 0 Å². The van der Waals surface area contributed by atoms with Gasteiger partial charge in [-0.1, -0.05) is 5.16 Å². The van der Waals surface area contributed by atoms with E-state index in [1.807, 2.05) is 6.92 Å². The number of nitrogens with one attached hydrogen (secondary N) is 1. The van der Waals surface area contributed by atoms with Gasteiger partial charge in [-0.3, -0.25) is 4.79 Å². The molecule has 0 unspecified atom stereocenters. The van der Waals surface area contributed by atoms with Crippen LogP contribution in [-0.4, -0.2) is 29.8 Å². The minimum atomic E-state index is -0.245. The molecule has 0 radical (unpaired) electrons. The van der Waals surface area contributed by atoms with E-state index in [0.29, 0.717) is 31.2 Å². The van der Waals surface area contributed by atoms with E-state index in [2.05, 4.69) is 15.5 Å². The summed E-state index contributed by atoms with van der Waals surface area (Å²) >= 11 is 0. The molecule has 1 aromatic heterocycles. The number of hydrogen-bond donors (Lipinski definition) is 1. The molecule has 1 atom stereocenters. The highest BCUT2D eigenvalue weighted by Gasteiger charge is 2.51. The topological polar surface area (TPSA) is 77.3 Å². The lowest BCUT2D eigenvalue weighted by atomic mass is 9.49. The predicted octanol–water partition coefficient (Wildman–Crippen LogP) is 3.04. The minimum Gasteiger partial charge on any atom is -0.384 e. The fourth-order valence-electron chi connectivity index (χ4n) is 5.94. The van der Waals surface area contributed by atoms with Gasteiger partial charge in [0.05, 0.1) is 6.61 Å². The standard InChI is InChI=1S/C19H29N3O3/c1-12(18-21-16(22-25-18)3-4-24-2)20-17(23)11-19-8-13-5-14(9-19)7-15(6-13)10-19/h12-15H,3-11H2,1-2H3,(H,20,23)/t12-,13?,14?,15?,19?/m0/s1. The molecule has 6 heteroatoms. The van der Waals surface area contributed by atoms with Gasteiger partial charge in [-0.15, -0.1) is 0 Å². The molecule has 1 heterocycles. The second-order valence-electron chi connectivity index (χ2n) is 8.68. The third-order valence-electron chi connectivity index (χ3n) is 6.46. The van der Waals surface area contributed by atoms with Crippen LogP contribution >= 0.6 is 0 Å². The number of ether oxygens (including phenoxy) is 1. The van der Waals surface area contributed by atoms with E-state index < -0.39 is 0 Å². The smallest absolute Gasteiger partial charge is 0.248 e. The second-order valence-corrected chi connectivity index (χ2v) is 8.68. The van der Waals surface area contributed by atoms with Crippen LogP contribution in [-0.2, 0) is 16.0 Å². The van der Waals surface area contributed by atoms with Crippen LogP contribution < -0.4 is 5.32 Å². The van der Waals surface area contributed by atoms with Crippen molar-refractivity contribution in [2.45, 2.75) is 64.3 Å². The van der Waals surface area contributed by atoms with Gasteiger partial charge < -0.3 is 14.6 Å². The Balaban J connectivity index is 1.33. The Bertz CT molecular complexity index is 592. The Morgan fingerprint density at radius 2 is 1.92 bits per heavy atom. The summed E-state index contributed by atoms with van der Waals surface area (Å²) in [5, 5.41) is 7.02. The molecule has 1 amide bonds. The van der Waals surface area contributed by atoms with Gasteiger partial charge in [-0.25, -0.2) is 0 Å². The van der Waals surface area contributed by atoms with Crippen LogP contribution in [0, 0.1) is 23.2 Å². The average molecular weight is 347 g/mol. The van der Waals surface area contributed by atoms with Crippen LogP contribution in [0.15, 0.2) is 4.52 Å². The first kappa shape index (κ1) is 17.0. The molecule has 6 nitrogen and oxygen atoms in total. The highest BCUT2D eigenvalue weighted by atomic mass is 16.5. The first-order valence-electron chi connectivity index (χ1n) is 9.66. The number of nitrogens with zero attached hydrogens (tertiary/aromatic N) is 2. The van der Waals surface area contributed by atoms with Crippen LogP contribution in [0.5, 0.6) is 0 Å². The molecule has 0 spiro atoms. The van der Waals surface area contributed by atoms with E-state index in [1.54, 1.807) is 7.11 Å². The van der Waals surface area contributed by atoms with Crippen molar-refractivity contribution in [1.82, 2.24) is 15.5 Å². The Labute approximate surface area is 149 Å². The van der Waals surface area contributed by atoms with E-state index in [-0.39, 0.29) is 17.4 Å².